The number of anilines is 2. The topological polar surface area (TPSA) is 106 Å². The van der Waals surface area contributed by atoms with Crippen molar-refractivity contribution in [3.63, 3.8) is 0 Å². The summed E-state index contributed by atoms with van der Waals surface area (Å²) in [5.41, 5.74) is 3.43. The van der Waals surface area contributed by atoms with E-state index in [9.17, 15) is 9.59 Å². The molecule has 5 aromatic rings. The number of carbonyl (C=O) groups is 2. The van der Waals surface area contributed by atoms with Crippen molar-refractivity contribution in [3.05, 3.63) is 90.4 Å². The molecule has 6 rings (SSSR count). The third kappa shape index (κ3) is 5.10. The van der Waals surface area contributed by atoms with Gasteiger partial charge in [0.2, 0.25) is 5.91 Å². The van der Waals surface area contributed by atoms with Gasteiger partial charge in [-0.3, -0.25) is 9.59 Å². The summed E-state index contributed by atoms with van der Waals surface area (Å²) in [5, 5.41) is 15.6. The number of carbonyl (C=O) groups excluding carboxylic acids is 2. The second kappa shape index (κ2) is 9.55. The molecule has 1 aliphatic rings. The van der Waals surface area contributed by atoms with Crippen molar-refractivity contribution in [1.82, 2.24) is 24.4 Å². The highest BCUT2D eigenvalue weighted by atomic mass is 32.2. The Kier molecular flexibility index (Phi) is 5.93. The predicted octanol–water partition coefficient (Wildman–Crippen LogP) is 4.98. The number of imidazole rings is 1. The molecule has 3 heterocycles. The lowest BCUT2D eigenvalue weighted by Gasteiger charge is -2.06. The summed E-state index contributed by atoms with van der Waals surface area (Å²) in [6.45, 7) is 1.92. The van der Waals surface area contributed by atoms with Crippen molar-refractivity contribution in [1.29, 1.82) is 0 Å². The van der Waals surface area contributed by atoms with Gasteiger partial charge in [0.25, 0.3) is 5.91 Å². The molecule has 1 fully saturated rings. The van der Waals surface area contributed by atoms with E-state index < -0.39 is 0 Å². The van der Waals surface area contributed by atoms with Crippen LogP contribution in [0.3, 0.4) is 0 Å². The fourth-order valence-corrected chi connectivity index (χ4v) is 4.76. The minimum atomic E-state index is -0.279. The van der Waals surface area contributed by atoms with Crippen LogP contribution in [0.2, 0.25) is 0 Å². The second-order valence-electron chi connectivity index (χ2n) is 8.87. The third-order valence-electron chi connectivity index (χ3n) is 5.93. The molecule has 1 saturated carbocycles. The molecule has 2 aromatic carbocycles. The molecule has 0 saturated heterocycles. The molecule has 37 heavy (non-hydrogen) atoms. The molecule has 0 aliphatic heterocycles. The van der Waals surface area contributed by atoms with Crippen molar-refractivity contribution in [3.8, 4) is 5.69 Å². The first-order chi connectivity index (χ1) is 18.0. The van der Waals surface area contributed by atoms with E-state index in [1.165, 1.54) is 11.8 Å². The summed E-state index contributed by atoms with van der Waals surface area (Å²) in [4.78, 5) is 30.3. The molecule has 0 atom stereocenters. The number of aromatic nitrogens is 5. The van der Waals surface area contributed by atoms with E-state index in [0.29, 0.717) is 22.8 Å². The van der Waals surface area contributed by atoms with Gasteiger partial charge < -0.3 is 10.6 Å². The van der Waals surface area contributed by atoms with Crippen LogP contribution in [0.5, 0.6) is 0 Å². The van der Waals surface area contributed by atoms with Crippen molar-refractivity contribution >= 4 is 40.7 Å². The van der Waals surface area contributed by atoms with E-state index in [1.807, 2.05) is 73.7 Å². The number of para-hydroxylation sites is 1. The van der Waals surface area contributed by atoms with Gasteiger partial charge in [0.15, 0.2) is 17.2 Å². The van der Waals surface area contributed by atoms with Crippen LogP contribution in [0.15, 0.2) is 88.9 Å². The van der Waals surface area contributed by atoms with Gasteiger partial charge in [-0.2, -0.15) is 10.2 Å². The summed E-state index contributed by atoms with van der Waals surface area (Å²) < 4.78 is 3.41. The van der Waals surface area contributed by atoms with Gasteiger partial charge in [-0.05, 0) is 68.3 Å². The first kappa shape index (κ1) is 23.0. The fourth-order valence-electron chi connectivity index (χ4n) is 3.92. The summed E-state index contributed by atoms with van der Waals surface area (Å²) in [6.07, 6.45) is 3.59. The lowest BCUT2D eigenvalue weighted by molar-refractivity contribution is -0.117. The van der Waals surface area contributed by atoms with Gasteiger partial charge in [-0.25, -0.2) is 14.2 Å². The van der Waals surface area contributed by atoms with E-state index in [1.54, 1.807) is 21.5 Å². The minimum Gasteiger partial charge on any atom is -0.321 e. The van der Waals surface area contributed by atoms with Crippen LogP contribution in [0.1, 0.15) is 29.0 Å². The largest absolute Gasteiger partial charge is 0.321 e. The summed E-state index contributed by atoms with van der Waals surface area (Å²) >= 11 is 1.46. The Morgan fingerprint density at radius 2 is 1.78 bits per heavy atom. The Bertz CT molecular complexity index is 1620. The molecular formula is C27H23N7O2S. The Labute approximate surface area is 216 Å². The lowest BCUT2D eigenvalue weighted by atomic mass is 10.3. The van der Waals surface area contributed by atoms with Crippen molar-refractivity contribution in [2.75, 3.05) is 10.6 Å². The van der Waals surface area contributed by atoms with Gasteiger partial charge in [0.05, 0.1) is 11.9 Å². The normalized spacial score (nSPS) is 13.0. The van der Waals surface area contributed by atoms with Gasteiger partial charge in [0, 0.05) is 22.2 Å². The Morgan fingerprint density at radius 1 is 0.946 bits per heavy atom. The van der Waals surface area contributed by atoms with E-state index in [-0.39, 0.29) is 17.7 Å². The van der Waals surface area contributed by atoms with Crippen LogP contribution in [-0.4, -0.2) is 36.2 Å². The number of rotatable bonds is 7. The quantitative estimate of drug-likeness (QED) is 0.321. The van der Waals surface area contributed by atoms with Crippen LogP contribution < -0.4 is 10.6 Å². The second-order valence-corrected chi connectivity index (χ2v) is 9.96. The molecule has 0 radical (unpaired) electrons. The SMILES string of the molecule is Cc1cc(C(=O)Nc2cccc(Sc3ccc4nc(NC(=O)C5CC5)cn4n3)c2)nn1-c1ccccc1. The third-order valence-corrected chi connectivity index (χ3v) is 6.85. The number of nitrogens with zero attached hydrogens (tertiary/aromatic N) is 5. The monoisotopic (exact) mass is 509 g/mol. The zero-order valence-electron chi connectivity index (χ0n) is 20.0. The van der Waals surface area contributed by atoms with Crippen molar-refractivity contribution in [2.24, 2.45) is 5.92 Å². The van der Waals surface area contributed by atoms with Crippen molar-refractivity contribution in [2.45, 2.75) is 29.7 Å². The first-order valence-electron chi connectivity index (χ1n) is 11.9. The maximum Gasteiger partial charge on any atom is 0.276 e. The smallest absolute Gasteiger partial charge is 0.276 e. The molecule has 3 aromatic heterocycles. The average molecular weight is 510 g/mol. The Morgan fingerprint density at radius 3 is 2.59 bits per heavy atom. The predicted molar refractivity (Wildman–Crippen MR) is 141 cm³/mol. The molecule has 9 nitrogen and oxygen atoms in total. The van der Waals surface area contributed by atoms with Crippen LogP contribution in [0.4, 0.5) is 11.5 Å². The average Bonchev–Trinajstić information content (AvgIpc) is 3.57. The van der Waals surface area contributed by atoms with Crippen molar-refractivity contribution < 1.29 is 9.59 Å². The highest BCUT2D eigenvalue weighted by molar-refractivity contribution is 7.99. The zero-order valence-corrected chi connectivity index (χ0v) is 20.8. The van der Waals surface area contributed by atoms with Gasteiger partial charge in [-0.15, -0.1) is 0 Å². The molecule has 0 spiro atoms. The summed E-state index contributed by atoms with van der Waals surface area (Å²) in [5.74, 6) is 0.346. The van der Waals surface area contributed by atoms with Crippen LogP contribution >= 0.6 is 11.8 Å². The fraction of sp³-hybridized carbons (Fsp3) is 0.148. The van der Waals surface area contributed by atoms with Crippen LogP contribution in [0.25, 0.3) is 11.3 Å². The minimum absolute atomic E-state index is 0.0128. The molecule has 0 bridgehead atoms. The molecule has 184 valence electrons. The maximum absolute atomic E-state index is 12.9. The van der Waals surface area contributed by atoms with E-state index in [0.717, 1.165) is 34.1 Å². The number of aryl methyl sites for hydroxylation is 1. The van der Waals surface area contributed by atoms with E-state index >= 15 is 0 Å². The lowest BCUT2D eigenvalue weighted by Crippen LogP contribution is -2.13. The number of hydrogen-bond donors (Lipinski definition) is 2. The summed E-state index contributed by atoms with van der Waals surface area (Å²) in [6, 6.07) is 22.8. The van der Waals surface area contributed by atoms with E-state index in [2.05, 4.69) is 25.8 Å². The number of hydrogen-bond acceptors (Lipinski definition) is 6. The number of nitrogens with one attached hydrogen (secondary N) is 2. The maximum atomic E-state index is 12.9. The number of benzene rings is 2. The molecule has 1 aliphatic carbocycles. The van der Waals surface area contributed by atoms with Gasteiger partial charge >= 0.3 is 0 Å². The first-order valence-corrected chi connectivity index (χ1v) is 12.7. The molecule has 0 unspecified atom stereocenters. The van der Waals surface area contributed by atoms with Gasteiger partial charge in [0.1, 0.15) is 5.03 Å². The highest BCUT2D eigenvalue weighted by Crippen LogP contribution is 2.31. The van der Waals surface area contributed by atoms with Gasteiger partial charge in [-0.1, -0.05) is 36.0 Å². The zero-order chi connectivity index (χ0) is 25.4. The Balaban J connectivity index is 1.15. The molecule has 2 amide bonds. The molecule has 10 heteroatoms. The Hall–Kier alpha value is -4.44. The standard InChI is InChI=1S/C27H23N7O2S/c1-17-14-22(31-34(17)20-7-3-2-4-8-20)27(36)28-19-6-5-9-21(15-19)37-25-13-12-24-29-23(16-33(24)32-25)30-26(35)18-10-11-18/h2-9,12-16,18H,10-11H2,1H3,(H,28,36)(H,30,35). The molecular weight excluding hydrogens is 486 g/mol. The highest BCUT2D eigenvalue weighted by Gasteiger charge is 2.30. The summed E-state index contributed by atoms with van der Waals surface area (Å²) in [7, 11) is 0. The van der Waals surface area contributed by atoms with Crippen LogP contribution in [0, 0.1) is 12.8 Å². The number of fused-ring (bicyclic) bond motifs is 1. The number of amides is 2. The van der Waals surface area contributed by atoms with E-state index in [4.69, 9.17) is 0 Å². The van der Waals surface area contributed by atoms with Crippen LogP contribution in [-0.2, 0) is 4.79 Å². The molecule has 2 N–H and O–H groups in total.